The van der Waals surface area contributed by atoms with E-state index in [1.165, 1.54) is 23.7 Å². The number of amides is 1. The van der Waals surface area contributed by atoms with Crippen LogP contribution in [0, 0.1) is 6.92 Å². The first-order valence-corrected chi connectivity index (χ1v) is 9.81. The highest BCUT2D eigenvalue weighted by molar-refractivity contribution is 7.99. The molecule has 0 N–H and O–H groups in total. The van der Waals surface area contributed by atoms with Crippen LogP contribution in [0.5, 0.6) is 0 Å². The predicted molar refractivity (Wildman–Crippen MR) is 104 cm³/mol. The molecule has 0 atom stereocenters. The molecule has 2 aromatic rings. The van der Waals surface area contributed by atoms with E-state index < -0.39 is 0 Å². The van der Waals surface area contributed by atoms with Gasteiger partial charge in [0, 0.05) is 19.6 Å². The quantitative estimate of drug-likeness (QED) is 0.577. The van der Waals surface area contributed by atoms with Gasteiger partial charge < -0.3 is 9.47 Å². The van der Waals surface area contributed by atoms with Gasteiger partial charge in [-0.2, -0.15) is 0 Å². The number of aromatic nitrogens is 2. The Morgan fingerprint density at radius 3 is 2.64 bits per heavy atom. The number of hydrogen-bond donors (Lipinski definition) is 0. The fourth-order valence-corrected chi connectivity index (χ4v) is 3.99. The van der Waals surface area contributed by atoms with E-state index >= 15 is 0 Å². The Hall–Kier alpha value is -2.01. The molecule has 25 heavy (non-hydrogen) atoms. The molecule has 1 aromatic carbocycles. The van der Waals surface area contributed by atoms with Gasteiger partial charge in [0.2, 0.25) is 5.91 Å². The van der Waals surface area contributed by atoms with E-state index in [9.17, 15) is 4.79 Å². The van der Waals surface area contributed by atoms with E-state index in [0.717, 1.165) is 42.3 Å². The van der Waals surface area contributed by atoms with Crippen molar-refractivity contribution in [2.24, 2.45) is 0 Å². The van der Waals surface area contributed by atoms with Crippen LogP contribution in [0.2, 0.25) is 0 Å². The second-order valence-corrected chi connectivity index (χ2v) is 7.36. The number of allylic oxidation sites excluding steroid dienone is 1. The summed E-state index contributed by atoms with van der Waals surface area (Å²) in [7, 11) is 0. The highest BCUT2D eigenvalue weighted by Gasteiger charge is 2.18. The standard InChI is InChI=1S/C20H25N3OS/c1-3-11-23-18(17-9-7-16(2)8-10-17)14-21-20(23)25-15-19(24)22-12-5-4-6-13-22/h3,7-10,14H,1,4-6,11-13,15H2,2H3. The Kier molecular flexibility index (Phi) is 5.97. The van der Waals surface area contributed by atoms with Crippen molar-refractivity contribution in [1.29, 1.82) is 0 Å². The number of hydrogen-bond acceptors (Lipinski definition) is 3. The summed E-state index contributed by atoms with van der Waals surface area (Å²) in [5, 5.41) is 0.876. The van der Waals surface area contributed by atoms with Gasteiger partial charge in [-0.05, 0) is 31.7 Å². The molecule has 3 rings (SSSR count). The van der Waals surface area contributed by atoms with Crippen LogP contribution in [-0.4, -0.2) is 39.2 Å². The summed E-state index contributed by atoms with van der Waals surface area (Å²) < 4.78 is 2.13. The summed E-state index contributed by atoms with van der Waals surface area (Å²) in [6.45, 7) is 8.42. The maximum Gasteiger partial charge on any atom is 0.233 e. The molecule has 1 aliphatic heterocycles. The number of rotatable bonds is 6. The number of piperidine rings is 1. The number of carbonyl (C=O) groups excluding carboxylic acids is 1. The third-order valence-corrected chi connectivity index (χ3v) is 5.49. The Labute approximate surface area is 153 Å². The topological polar surface area (TPSA) is 38.1 Å². The van der Waals surface area contributed by atoms with E-state index in [-0.39, 0.29) is 5.91 Å². The lowest BCUT2D eigenvalue weighted by atomic mass is 10.1. The molecule has 0 aliphatic carbocycles. The average Bonchev–Trinajstić information content (AvgIpc) is 3.04. The summed E-state index contributed by atoms with van der Waals surface area (Å²) in [5.74, 6) is 0.663. The van der Waals surface area contributed by atoms with Gasteiger partial charge in [0.25, 0.3) is 0 Å². The van der Waals surface area contributed by atoms with Crippen LogP contribution < -0.4 is 0 Å². The molecular formula is C20H25N3OS. The molecule has 1 saturated heterocycles. The zero-order valence-corrected chi connectivity index (χ0v) is 15.6. The highest BCUT2D eigenvalue weighted by atomic mass is 32.2. The van der Waals surface area contributed by atoms with Crippen LogP contribution >= 0.6 is 11.8 Å². The minimum absolute atomic E-state index is 0.217. The SMILES string of the molecule is C=CCn1c(-c2ccc(C)cc2)cnc1SCC(=O)N1CCCCC1. The predicted octanol–water partition coefficient (Wildman–Crippen LogP) is 4.15. The van der Waals surface area contributed by atoms with Gasteiger partial charge in [-0.1, -0.05) is 47.7 Å². The zero-order valence-electron chi connectivity index (χ0n) is 14.8. The fourth-order valence-electron chi connectivity index (χ4n) is 3.10. The number of aryl methyl sites for hydroxylation is 1. The molecule has 1 aliphatic rings. The second kappa shape index (κ2) is 8.39. The van der Waals surface area contributed by atoms with Crippen molar-refractivity contribution in [2.75, 3.05) is 18.8 Å². The normalized spacial score (nSPS) is 14.5. The second-order valence-electron chi connectivity index (χ2n) is 6.42. The molecule has 5 heteroatoms. The molecule has 0 bridgehead atoms. The number of imidazole rings is 1. The number of carbonyl (C=O) groups is 1. The van der Waals surface area contributed by atoms with Crippen molar-refractivity contribution >= 4 is 17.7 Å². The van der Waals surface area contributed by atoms with E-state index in [2.05, 4.69) is 47.3 Å². The molecule has 0 unspecified atom stereocenters. The van der Waals surface area contributed by atoms with Crippen LogP contribution in [0.25, 0.3) is 11.3 Å². The van der Waals surface area contributed by atoms with Crippen molar-refractivity contribution in [3.63, 3.8) is 0 Å². The Morgan fingerprint density at radius 1 is 1.24 bits per heavy atom. The molecular weight excluding hydrogens is 330 g/mol. The Bertz CT molecular complexity index is 730. The number of nitrogens with zero attached hydrogens (tertiary/aromatic N) is 3. The maximum atomic E-state index is 12.4. The monoisotopic (exact) mass is 355 g/mol. The lowest BCUT2D eigenvalue weighted by molar-refractivity contribution is -0.129. The molecule has 0 spiro atoms. The van der Waals surface area contributed by atoms with Crippen molar-refractivity contribution in [2.45, 2.75) is 37.9 Å². The molecule has 1 aromatic heterocycles. The average molecular weight is 356 g/mol. The van der Waals surface area contributed by atoms with Crippen LogP contribution in [0.3, 0.4) is 0 Å². The van der Waals surface area contributed by atoms with Crippen molar-refractivity contribution in [3.05, 3.63) is 48.7 Å². The molecule has 132 valence electrons. The maximum absolute atomic E-state index is 12.4. The fraction of sp³-hybridized carbons (Fsp3) is 0.400. The van der Waals surface area contributed by atoms with Crippen LogP contribution in [0.4, 0.5) is 0 Å². The van der Waals surface area contributed by atoms with Crippen LogP contribution in [-0.2, 0) is 11.3 Å². The molecule has 0 saturated carbocycles. The van der Waals surface area contributed by atoms with Crippen molar-refractivity contribution < 1.29 is 4.79 Å². The first-order chi connectivity index (χ1) is 12.2. The minimum atomic E-state index is 0.217. The van der Waals surface area contributed by atoms with E-state index in [1.807, 2.05) is 17.2 Å². The van der Waals surface area contributed by atoms with Crippen molar-refractivity contribution in [3.8, 4) is 11.3 Å². The third-order valence-electron chi connectivity index (χ3n) is 4.51. The Balaban J connectivity index is 1.73. The van der Waals surface area contributed by atoms with Crippen LogP contribution in [0.15, 0.2) is 48.3 Å². The van der Waals surface area contributed by atoms with E-state index in [4.69, 9.17) is 0 Å². The smallest absolute Gasteiger partial charge is 0.233 e. The number of thioether (sulfide) groups is 1. The van der Waals surface area contributed by atoms with Gasteiger partial charge in [-0.15, -0.1) is 6.58 Å². The third kappa shape index (κ3) is 4.34. The molecule has 0 radical (unpaired) electrons. The van der Waals surface area contributed by atoms with Gasteiger partial charge in [0.15, 0.2) is 5.16 Å². The lowest BCUT2D eigenvalue weighted by Gasteiger charge is -2.26. The number of benzene rings is 1. The van der Waals surface area contributed by atoms with Gasteiger partial charge in [0.1, 0.15) is 0 Å². The highest BCUT2D eigenvalue weighted by Crippen LogP contribution is 2.27. The van der Waals surface area contributed by atoms with E-state index in [0.29, 0.717) is 12.3 Å². The number of likely N-dealkylation sites (tertiary alicyclic amines) is 1. The largest absolute Gasteiger partial charge is 0.342 e. The summed E-state index contributed by atoms with van der Waals surface area (Å²) in [5.41, 5.74) is 3.43. The van der Waals surface area contributed by atoms with Gasteiger partial charge in [-0.25, -0.2) is 4.98 Å². The summed E-state index contributed by atoms with van der Waals surface area (Å²) in [4.78, 5) is 18.9. The lowest BCUT2D eigenvalue weighted by Crippen LogP contribution is -2.36. The van der Waals surface area contributed by atoms with Gasteiger partial charge >= 0.3 is 0 Å². The van der Waals surface area contributed by atoms with Crippen molar-refractivity contribution in [1.82, 2.24) is 14.5 Å². The molecule has 1 amide bonds. The molecule has 1 fully saturated rings. The summed E-state index contributed by atoms with van der Waals surface area (Å²) in [6.07, 6.45) is 7.25. The first kappa shape index (κ1) is 17.8. The molecule has 2 heterocycles. The minimum Gasteiger partial charge on any atom is -0.342 e. The van der Waals surface area contributed by atoms with E-state index in [1.54, 1.807) is 0 Å². The van der Waals surface area contributed by atoms with Crippen LogP contribution in [0.1, 0.15) is 24.8 Å². The molecule has 4 nitrogen and oxygen atoms in total. The zero-order chi connectivity index (χ0) is 17.6. The van der Waals surface area contributed by atoms with Gasteiger partial charge in [0.05, 0.1) is 17.6 Å². The Morgan fingerprint density at radius 2 is 1.96 bits per heavy atom. The summed E-state index contributed by atoms with van der Waals surface area (Å²) >= 11 is 1.52. The summed E-state index contributed by atoms with van der Waals surface area (Å²) in [6, 6.07) is 8.43. The first-order valence-electron chi connectivity index (χ1n) is 8.83. The van der Waals surface area contributed by atoms with Gasteiger partial charge in [-0.3, -0.25) is 4.79 Å².